The number of carbonyl (C=O) groups is 2. The zero-order valence-electron chi connectivity index (χ0n) is 17.2. The van der Waals surface area contributed by atoms with Gasteiger partial charge in [0.15, 0.2) is 0 Å². The van der Waals surface area contributed by atoms with Crippen molar-refractivity contribution in [3.05, 3.63) is 35.4 Å². The summed E-state index contributed by atoms with van der Waals surface area (Å²) < 4.78 is 0. The molecular formula is C24H33N3O2. The van der Waals surface area contributed by atoms with Crippen molar-refractivity contribution in [2.45, 2.75) is 64.0 Å². The normalized spacial score (nSPS) is 34.9. The van der Waals surface area contributed by atoms with Crippen LogP contribution in [0, 0.1) is 23.2 Å². The van der Waals surface area contributed by atoms with Crippen LogP contribution in [0.25, 0.3) is 0 Å². The molecule has 5 aliphatic rings. The zero-order chi connectivity index (χ0) is 19.8. The second kappa shape index (κ2) is 7.75. The van der Waals surface area contributed by atoms with E-state index in [0.29, 0.717) is 24.7 Å². The quantitative estimate of drug-likeness (QED) is 0.693. The Morgan fingerprint density at radius 1 is 0.966 bits per heavy atom. The number of rotatable bonds is 6. The number of benzene rings is 1. The molecule has 6 rings (SSSR count). The lowest BCUT2D eigenvalue weighted by Gasteiger charge is -2.55. The van der Waals surface area contributed by atoms with Crippen molar-refractivity contribution in [1.29, 1.82) is 0 Å². The molecule has 1 saturated heterocycles. The standard InChI is InChI=1S/C24H33N3O2/c28-22(26-15-21-2-1-7-25-21)20-5-3-16(4-6-20)14-27-23(29)24-11-17-8-18(12-24)10-19(9-17)13-24/h3-6,17-19,21,25H,1-2,7-15H2,(H,26,28)(H,27,29). The van der Waals surface area contributed by atoms with Gasteiger partial charge in [0, 0.05) is 30.1 Å². The maximum absolute atomic E-state index is 13.1. The van der Waals surface area contributed by atoms with E-state index in [1.165, 1.54) is 25.7 Å². The van der Waals surface area contributed by atoms with Gasteiger partial charge in [-0.05, 0) is 93.4 Å². The second-order valence-corrected chi connectivity index (χ2v) is 10.1. The molecule has 2 amide bonds. The summed E-state index contributed by atoms with van der Waals surface area (Å²) in [7, 11) is 0. The summed E-state index contributed by atoms with van der Waals surface area (Å²) in [5, 5.41) is 9.62. The smallest absolute Gasteiger partial charge is 0.251 e. The summed E-state index contributed by atoms with van der Waals surface area (Å²) in [6, 6.07) is 8.05. The molecule has 0 radical (unpaired) electrons. The van der Waals surface area contributed by atoms with Crippen LogP contribution >= 0.6 is 0 Å². The highest BCUT2D eigenvalue weighted by Gasteiger charge is 2.54. The molecule has 29 heavy (non-hydrogen) atoms. The van der Waals surface area contributed by atoms with E-state index in [0.717, 1.165) is 55.5 Å². The van der Waals surface area contributed by atoms with Crippen LogP contribution in [0.1, 0.15) is 67.3 Å². The van der Waals surface area contributed by atoms with E-state index < -0.39 is 0 Å². The minimum absolute atomic E-state index is 0.0251. The van der Waals surface area contributed by atoms with Gasteiger partial charge in [-0.25, -0.2) is 0 Å². The third-order valence-corrected chi connectivity index (χ3v) is 7.86. The average molecular weight is 396 g/mol. The molecule has 1 unspecified atom stereocenters. The van der Waals surface area contributed by atoms with Crippen LogP contribution in [0.2, 0.25) is 0 Å². The van der Waals surface area contributed by atoms with E-state index in [9.17, 15) is 9.59 Å². The molecule has 1 aromatic rings. The maximum atomic E-state index is 13.1. The minimum Gasteiger partial charge on any atom is -0.352 e. The van der Waals surface area contributed by atoms with Gasteiger partial charge in [-0.3, -0.25) is 9.59 Å². The number of hydrogen-bond acceptors (Lipinski definition) is 3. The zero-order valence-corrected chi connectivity index (χ0v) is 17.2. The third-order valence-electron chi connectivity index (χ3n) is 7.86. The molecule has 5 nitrogen and oxygen atoms in total. The summed E-state index contributed by atoms with van der Waals surface area (Å²) in [5.41, 5.74) is 1.64. The molecule has 1 heterocycles. The van der Waals surface area contributed by atoms with E-state index in [-0.39, 0.29) is 17.2 Å². The van der Waals surface area contributed by atoms with Crippen molar-refractivity contribution in [2.75, 3.05) is 13.1 Å². The van der Waals surface area contributed by atoms with E-state index in [4.69, 9.17) is 0 Å². The molecule has 1 aromatic carbocycles. The van der Waals surface area contributed by atoms with E-state index in [1.54, 1.807) is 0 Å². The second-order valence-electron chi connectivity index (χ2n) is 10.1. The van der Waals surface area contributed by atoms with Crippen molar-refractivity contribution in [3.8, 4) is 0 Å². The van der Waals surface area contributed by atoms with Gasteiger partial charge in [-0.2, -0.15) is 0 Å². The fourth-order valence-electron chi connectivity index (χ4n) is 6.78. The van der Waals surface area contributed by atoms with Gasteiger partial charge in [0.25, 0.3) is 5.91 Å². The minimum atomic E-state index is -0.0944. The predicted octanol–water partition coefficient (Wildman–Crippen LogP) is 3.00. The van der Waals surface area contributed by atoms with Crippen LogP contribution in [0.5, 0.6) is 0 Å². The molecule has 1 atom stereocenters. The Labute approximate surface area is 173 Å². The van der Waals surface area contributed by atoms with Crippen LogP contribution in [0.15, 0.2) is 24.3 Å². The summed E-state index contributed by atoms with van der Waals surface area (Å²) in [6.45, 7) is 2.28. The van der Waals surface area contributed by atoms with Gasteiger partial charge in [0.1, 0.15) is 0 Å². The van der Waals surface area contributed by atoms with Gasteiger partial charge >= 0.3 is 0 Å². The molecule has 5 fully saturated rings. The van der Waals surface area contributed by atoms with Gasteiger partial charge in [-0.15, -0.1) is 0 Å². The van der Waals surface area contributed by atoms with Crippen LogP contribution < -0.4 is 16.0 Å². The molecule has 4 saturated carbocycles. The van der Waals surface area contributed by atoms with Crippen LogP contribution in [-0.2, 0) is 11.3 Å². The van der Waals surface area contributed by atoms with Gasteiger partial charge < -0.3 is 16.0 Å². The number of carbonyl (C=O) groups excluding carboxylic acids is 2. The molecule has 0 spiro atoms. The van der Waals surface area contributed by atoms with Crippen LogP contribution in [0.4, 0.5) is 0 Å². The highest BCUT2D eigenvalue weighted by molar-refractivity contribution is 5.94. The van der Waals surface area contributed by atoms with Crippen molar-refractivity contribution in [2.24, 2.45) is 23.2 Å². The van der Waals surface area contributed by atoms with Crippen molar-refractivity contribution in [1.82, 2.24) is 16.0 Å². The Hall–Kier alpha value is -1.88. The number of nitrogens with one attached hydrogen (secondary N) is 3. The lowest BCUT2D eigenvalue weighted by Crippen LogP contribution is -2.53. The number of amides is 2. The fraction of sp³-hybridized carbons (Fsp3) is 0.667. The Kier molecular flexibility index (Phi) is 5.10. The molecule has 3 N–H and O–H groups in total. The molecule has 156 valence electrons. The molecular weight excluding hydrogens is 362 g/mol. The predicted molar refractivity (Wildman–Crippen MR) is 112 cm³/mol. The van der Waals surface area contributed by atoms with E-state index in [1.807, 2.05) is 24.3 Å². The average Bonchev–Trinajstić information content (AvgIpc) is 3.23. The molecule has 5 heteroatoms. The number of hydrogen-bond donors (Lipinski definition) is 3. The highest BCUT2D eigenvalue weighted by atomic mass is 16.2. The first-order chi connectivity index (χ1) is 14.1. The van der Waals surface area contributed by atoms with E-state index >= 15 is 0 Å². The van der Waals surface area contributed by atoms with Gasteiger partial charge in [0.2, 0.25) is 5.91 Å². The monoisotopic (exact) mass is 395 g/mol. The first-order valence-electron chi connectivity index (χ1n) is 11.5. The summed E-state index contributed by atoms with van der Waals surface area (Å²) in [5.74, 6) is 2.59. The van der Waals surface area contributed by atoms with Crippen LogP contribution in [-0.4, -0.2) is 30.9 Å². The van der Waals surface area contributed by atoms with Crippen molar-refractivity contribution >= 4 is 11.8 Å². The Balaban J connectivity index is 1.13. The van der Waals surface area contributed by atoms with Gasteiger partial charge in [0.05, 0.1) is 0 Å². The highest BCUT2D eigenvalue weighted by Crippen LogP contribution is 2.60. The lowest BCUT2D eigenvalue weighted by atomic mass is 9.49. The third kappa shape index (κ3) is 3.94. The summed E-state index contributed by atoms with van der Waals surface area (Å²) in [4.78, 5) is 25.4. The summed E-state index contributed by atoms with van der Waals surface area (Å²) >= 11 is 0. The van der Waals surface area contributed by atoms with Crippen molar-refractivity contribution < 1.29 is 9.59 Å². The van der Waals surface area contributed by atoms with Crippen molar-refractivity contribution in [3.63, 3.8) is 0 Å². The lowest BCUT2D eigenvalue weighted by molar-refractivity contribution is -0.146. The summed E-state index contributed by atoms with van der Waals surface area (Å²) in [6.07, 6.45) is 9.67. The molecule has 0 aromatic heterocycles. The molecule has 4 aliphatic carbocycles. The van der Waals surface area contributed by atoms with Gasteiger partial charge in [-0.1, -0.05) is 12.1 Å². The van der Waals surface area contributed by atoms with E-state index in [2.05, 4.69) is 16.0 Å². The first kappa shape index (κ1) is 19.1. The maximum Gasteiger partial charge on any atom is 0.251 e. The SMILES string of the molecule is O=C(NCC1CCCN1)c1ccc(CNC(=O)C23CC4CC(CC(C4)C2)C3)cc1. The fourth-order valence-corrected chi connectivity index (χ4v) is 6.78. The molecule has 1 aliphatic heterocycles. The van der Waals surface area contributed by atoms with Crippen LogP contribution in [0.3, 0.4) is 0 Å². The Morgan fingerprint density at radius 3 is 2.21 bits per heavy atom. The largest absolute Gasteiger partial charge is 0.352 e. The Bertz CT molecular complexity index is 732. The molecule has 4 bridgehead atoms. The Morgan fingerprint density at radius 2 is 1.62 bits per heavy atom. The first-order valence-corrected chi connectivity index (χ1v) is 11.5. The topological polar surface area (TPSA) is 70.2 Å².